The Labute approximate surface area is 116 Å². The van der Waals surface area contributed by atoms with Crippen molar-refractivity contribution in [1.82, 2.24) is 0 Å². The molecule has 0 amide bonds. The molecular formula is C17H26O2. The third kappa shape index (κ3) is 3.18. The van der Waals surface area contributed by atoms with Gasteiger partial charge in [-0.1, -0.05) is 57.4 Å². The minimum atomic E-state index is -0.759. The van der Waals surface area contributed by atoms with E-state index in [-0.39, 0.29) is 5.92 Å². The normalized spacial score (nSPS) is 19.2. The maximum absolute atomic E-state index is 10.4. The molecule has 2 heteroatoms. The number of rotatable bonds is 6. The zero-order valence-corrected chi connectivity index (χ0v) is 12.0. The van der Waals surface area contributed by atoms with Crippen LogP contribution in [0.25, 0.3) is 0 Å². The van der Waals surface area contributed by atoms with Crippen molar-refractivity contribution in [3.05, 3.63) is 35.4 Å². The molecule has 2 atom stereocenters. The topological polar surface area (TPSA) is 40.5 Å². The zero-order valence-electron chi connectivity index (χ0n) is 12.0. The molecule has 0 spiro atoms. The maximum Gasteiger partial charge on any atom is 0.105 e. The van der Waals surface area contributed by atoms with Gasteiger partial charge in [0.2, 0.25) is 0 Å². The third-order valence-electron chi connectivity index (χ3n) is 4.68. The molecule has 1 saturated carbocycles. The zero-order chi connectivity index (χ0) is 13.8. The van der Waals surface area contributed by atoms with Gasteiger partial charge in [0.05, 0.1) is 6.10 Å². The van der Waals surface area contributed by atoms with Crippen molar-refractivity contribution < 1.29 is 10.2 Å². The molecule has 106 valence electrons. The highest BCUT2D eigenvalue weighted by Gasteiger charge is 2.26. The minimum absolute atomic E-state index is 0.169. The first-order valence-corrected chi connectivity index (χ1v) is 7.63. The number of aliphatic hydroxyl groups excluding tert-OH is 2. The number of hydrogen-bond donors (Lipinski definition) is 2. The minimum Gasteiger partial charge on any atom is -0.390 e. The summed E-state index contributed by atoms with van der Waals surface area (Å²) in [5, 5.41) is 20.7. The first kappa shape index (κ1) is 14.5. The number of aliphatic hydroxyl groups is 2. The standard InChI is InChI=1S/C17H26O2/c1-3-12(4-2)16(18)17(19)15-10-6-9-14(11-15)13-7-5-8-13/h6,9-13,16-19H,3-5,7-8H2,1-2H3. The van der Waals surface area contributed by atoms with Crippen molar-refractivity contribution in [2.45, 2.75) is 64.1 Å². The van der Waals surface area contributed by atoms with Gasteiger partial charge in [0.15, 0.2) is 0 Å². The smallest absolute Gasteiger partial charge is 0.105 e. The van der Waals surface area contributed by atoms with Crippen LogP contribution in [0, 0.1) is 5.92 Å². The van der Waals surface area contributed by atoms with E-state index in [1.165, 1.54) is 24.8 Å². The lowest BCUT2D eigenvalue weighted by molar-refractivity contribution is -0.0210. The van der Waals surface area contributed by atoms with Crippen LogP contribution in [0.15, 0.2) is 24.3 Å². The van der Waals surface area contributed by atoms with E-state index in [1.54, 1.807) is 0 Å². The second kappa shape index (κ2) is 6.53. The Bertz CT molecular complexity index is 394. The molecule has 0 aromatic heterocycles. The Kier molecular flexibility index (Phi) is 5.00. The summed E-state index contributed by atoms with van der Waals surface area (Å²) in [6, 6.07) is 8.16. The fraction of sp³-hybridized carbons (Fsp3) is 0.647. The van der Waals surface area contributed by atoms with Crippen molar-refractivity contribution in [3.63, 3.8) is 0 Å². The van der Waals surface area contributed by atoms with Gasteiger partial charge in [-0.2, -0.15) is 0 Å². The monoisotopic (exact) mass is 262 g/mol. The molecule has 0 heterocycles. The van der Waals surface area contributed by atoms with E-state index in [1.807, 2.05) is 12.1 Å². The lowest BCUT2D eigenvalue weighted by Gasteiger charge is -2.28. The van der Waals surface area contributed by atoms with Crippen LogP contribution in [-0.2, 0) is 0 Å². The van der Waals surface area contributed by atoms with Crippen LogP contribution in [-0.4, -0.2) is 16.3 Å². The summed E-state index contributed by atoms with van der Waals surface area (Å²) in [7, 11) is 0. The van der Waals surface area contributed by atoms with Gasteiger partial charge in [-0.15, -0.1) is 0 Å². The SMILES string of the molecule is CCC(CC)C(O)C(O)c1cccc(C2CCC2)c1. The highest BCUT2D eigenvalue weighted by molar-refractivity contribution is 5.29. The summed E-state index contributed by atoms with van der Waals surface area (Å²) in [5.74, 6) is 0.833. The van der Waals surface area contributed by atoms with Crippen molar-refractivity contribution in [1.29, 1.82) is 0 Å². The van der Waals surface area contributed by atoms with Crippen LogP contribution in [0.5, 0.6) is 0 Å². The first-order chi connectivity index (χ1) is 9.17. The van der Waals surface area contributed by atoms with Crippen LogP contribution < -0.4 is 0 Å². The predicted molar refractivity (Wildman–Crippen MR) is 78.1 cm³/mol. The second-order valence-electron chi connectivity index (χ2n) is 5.81. The summed E-state index contributed by atoms with van der Waals surface area (Å²) in [5.41, 5.74) is 2.18. The number of hydrogen-bond acceptors (Lipinski definition) is 2. The molecule has 2 N–H and O–H groups in total. The van der Waals surface area contributed by atoms with Gasteiger partial charge in [0, 0.05) is 0 Å². The van der Waals surface area contributed by atoms with Crippen LogP contribution in [0.1, 0.15) is 69.1 Å². The fourth-order valence-corrected chi connectivity index (χ4v) is 2.97. The van der Waals surface area contributed by atoms with Gasteiger partial charge >= 0.3 is 0 Å². The molecule has 1 aromatic carbocycles. The lowest BCUT2D eigenvalue weighted by atomic mass is 9.79. The van der Waals surface area contributed by atoms with Crippen LogP contribution in [0.2, 0.25) is 0 Å². The highest BCUT2D eigenvalue weighted by atomic mass is 16.3. The maximum atomic E-state index is 10.4. The molecule has 0 aliphatic heterocycles. The molecule has 0 radical (unpaired) electrons. The Morgan fingerprint density at radius 3 is 2.37 bits per heavy atom. The molecule has 1 fully saturated rings. The van der Waals surface area contributed by atoms with E-state index in [0.717, 1.165) is 18.4 Å². The number of benzene rings is 1. The summed E-state index contributed by atoms with van der Waals surface area (Å²) in [6.07, 6.45) is 4.21. The quantitative estimate of drug-likeness (QED) is 0.819. The summed E-state index contributed by atoms with van der Waals surface area (Å²) < 4.78 is 0. The molecule has 2 nitrogen and oxygen atoms in total. The summed E-state index contributed by atoms with van der Waals surface area (Å²) in [4.78, 5) is 0. The van der Waals surface area contributed by atoms with Crippen molar-refractivity contribution >= 4 is 0 Å². The van der Waals surface area contributed by atoms with Crippen molar-refractivity contribution in [3.8, 4) is 0 Å². The van der Waals surface area contributed by atoms with E-state index in [0.29, 0.717) is 5.92 Å². The lowest BCUT2D eigenvalue weighted by Crippen LogP contribution is -2.27. The Balaban J connectivity index is 2.11. The van der Waals surface area contributed by atoms with E-state index >= 15 is 0 Å². The molecular weight excluding hydrogens is 236 g/mol. The van der Waals surface area contributed by atoms with E-state index in [9.17, 15) is 10.2 Å². The molecule has 0 saturated heterocycles. The molecule has 0 bridgehead atoms. The summed E-state index contributed by atoms with van der Waals surface area (Å²) in [6.45, 7) is 4.13. The first-order valence-electron chi connectivity index (χ1n) is 7.63. The van der Waals surface area contributed by atoms with Crippen LogP contribution in [0.4, 0.5) is 0 Å². The molecule has 1 aliphatic rings. The Morgan fingerprint density at radius 2 is 1.84 bits per heavy atom. The average Bonchev–Trinajstić information content (AvgIpc) is 2.37. The Morgan fingerprint density at radius 1 is 1.16 bits per heavy atom. The summed E-state index contributed by atoms with van der Waals surface area (Å²) >= 11 is 0. The van der Waals surface area contributed by atoms with Gasteiger partial charge in [-0.3, -0.25) is 0 Å². The van der Waals surface area contributed by atoms with Gasteiger partial charge in [0.1, 0.15) is 6.10 Å². The fourth-order valence-electron chi connectivity index (χ4n) is 2.97. The van der Waals surface area contributed by atoms with Gasteiger partial charge in [0.25, 0.3) is 0 Å². The molecule has 1 aliphatic carbocycles. The van der Waals surface area contributed by atoms with Gasteiger partial charge in [-0.25, -0.2) is 0 Å². The van der Waals surface area contributed by atoms with E-state index in [4.69, 9.17) is 0 Å². The van der Waals surface area contributed by atoms with E-state index in [2.05, 4.69) is 26.0 Å². The predicted octanol–water partition coefficient (Wildman–Crippen LogP) is 3.78. The van der Waals surface area contributed by atoms with Gasteiger partial charge < -0.3 is 10.2 Å². The second-order valence-corrected chi connectivity index (χ2v) is 5.81. The van der Waals surface area contributed by atoms with Crippen LogP contribution in [0.3, 0.4) is 0 Å². The average molecular weight is 262 g/mol. The van der Waals surface area contributed by atoms with Crippen molar-refractivity contribution in [2.75, 3.05) is 0 Å². The molecule has 2 unspecified atom stereocenters. The van der Waals surface area contributed by atoms with Crippen molar-refractivity contribution in [2.24, 2.45) is 5.92 Å². The van der Waals surface area contributed by atoms with E-state index < -0.39 is 12.2 Å². The van der Waals surface area contributed by atoms with Crippen LogP contribution >= 0.6 is 0 Å². The molecule has 2 rings (SSSR count). The molecule has 1 aromatic rings. The third-order valence-corrected chi connectivity index (χ3v) is 4.68. The largest absolute Gasteiger partial charge is 0.390 e. The highest BCUT2D eigenvalue weighted by Crippen LogP contribution is 2.37. The Hall–Kier alpha value is -0.860. The van der Waals surface area contributed by atoms with Gasteiger partial charge in [-0.05, 0) is 35.8 Å². The molecule has 19 heavy (non-hydrogen) atoms.